The molecule has 2 aromatic rings. The molecule has 1 aromatic carbocycles. The van der Waals surface area contributed by atoms with Crippen LogP contribution in [0.15, 0.2) is 48.8 Å². The fourth-order valence-corrected chi connectivity index (χ4v) is 1.79. The summed E-state index contributed by atoms with van der Waals surface area (Å²) in [4.78, 5) is 14.3. The van der Waals surface area contributed by atoms with E-state index in [4.69, 9.17) is 5.73 Å². The molecule has 1 aromatic heterocycles. The van der Waals surface area contributed by atoms with E-state index < -0.39 is 4.92 Å². The highest BCUT2D eigenvalue weighted by Crippen LogP contribution is 2.28. The first-order valence-electron chi connectivity index (χ1n) is 5.69. The Morgan fingerprint density at radius 3 is 2.50 bits per heavy atom. The normalized spacial score (nSPS) is 11.3. The Labute approximate surface area is 114 Å². The summed E-state index contributed by atoms with van der Waals surface area (Å²) in [5.74, 6) is 0. The molecule has 0 radical (unpaired) electrons. The van der Waals surface area contributed by atoms with Crippen molar-refractivity contribution in [2.24, 2.45) is 5.73 Å². The van der Waals surface area contributed by atoms with Crippen molar-refractivity contribution in [3.05, 3.63) is 70.0 Å². The zero-order valence-corrected chi connectivity index (χ0v) is 10.4. The molecule has 6 nitrogen and oxygen atoms in total. The Kier molecular flexibility index (Phi) is 3.72. The SMILES string of the molecule is N#C/C(=C(/N)c1ccccc1[N+](=O)[O-])c1ccncc1. The summed E-state index contributed by atoms with van der Waals surface area (Å²) in [6.07, 6.45) is 3.05. The van der Waals surface area contributed by atoms with E-state index in [0.29, 0.717) is 5.56 Å². The Balaban J connectivity index is 2.65. The van der Waals surface area contributed by atoms with Crippen molar-refractivity contribution in [1.29, 1.82) is 5.26 Å². The average molecular weight is 266 g/mol. The van der Waals surface area contributed by atoms with Crippen molar-refractivity contribution in [1.82, 2.24) is 4.98 Å². The molecule has 1 heterocycles. The van der Waals surface area contributed by atoms with E-state index in [9.17, 15) is 15.4 Å². The number of hydrogen-bond acceptors (Lipinski definition) is 5. The summed E-state index contributed by atoms with van der Waals surface area (Å²) in [6.45, 7) is 0. The predicted molar refractivity (Wildman–Crippen MR) is 73.9 cm³/mol. The van der Waals surface area contributed by atoms with E-state index in [1.165, 1.54) is 24.5 Å². The quantitative estimate of drug-likeness (QED) is 0.521. The maximum Gasteiger partial charge on any atom is 0.278 e. The van der Waals surface area contributed by atoms with Gasteiger partial charge in [0.15, 0.2) is 0 Å². The van der Waals surface area contributed by atoms with Crippen molar-refractivity contribution in [2.75, 3.05) is 0 Å². The smallest absolute Gasteiger partial charge is 0.278 e. The van der Waals surface area contributed by atoms with Crippen molar-refractivity contribution in [3.8, 4) is 6.07 Å². The summed E-state index contributed by atoms with van der Waals surface area (Å²) in [7, 11) is 0. The Morgan fingerprint density at radius 1 is 1.25 bits per heavy atom. The summed E-state index contributed by atoms with van der Waals surface area (Å²) >= 11 is 0. The number of nitrogens with zero attached hydrogens (tertiary/aromatic N) is 3. The molecule has 0 saturated carbocycles. The Hall–Kier alpha value is -3.20. The van der Waals surface area contributed by atoms with E-state index in [-0.39, 0.29) is 22.5 Å². The van der Waals surface area contributed by atoms with Crippen molar-refractivity contribution in [3.63, 3.8) is 0 Å². The van der Waals surface area contributed by atoms with Gasteiger partial charge in [-0.05, 0) is 23.8 Å². The minimum Gasteiger partial charge on any atom is -0.397 e. The zero-order chi connectivity index (χ0) is 14.5. The molecule has 0 aliphatic carbocycles. The largest absolute Gasteiger partial charge is 0.397 e. The zero-order valence-electron chi connectivity index (χ0n) is 10.4. The first-order valence-corrected chi connectivity index (χ1v) is 5.69. The highest BCUT2D eigenvalue weighted by Gasteiger charge is 2.18. The second kappa shape index (κ2) is 5.63. The molecule has 2 rings (SSSR count). The lowest BCUT2D eigenvalue weighted by molar-refractivity contribution is -0.385. The van der Waals surface area contributed by atoms with Crippen LogP contribution < -0.4 is 5.73 Å². The highest BCUT2D eigenvalue weighted by molar-refractivity contribution is 5.97. The number of hydrogen-bond donors (Lipinski definition) is 1. The van der Waals surface area contributed by atoms with E-state index in [1.54, 1.807) is 24.3 Å². The summed E-state index contributed by atoms with van der Waals surface area (Å²) in [5, 5.41) is 20.3. The number of para-hydroxylation sites is 1. The number of pyridine rings is 1. The van der Waals surface area contributed by atoms with Gasteiger partial charge in [-0.2, -0.15) is 5.26 Å². The number of nitro groups is 1. The van der Waals surface area contributed by atoms with E-state index >= 15 is 0 Å². The molecule has 98 valence electrons. The van der Waals surface area contributed by atoms with Crippen LogP contribution >= 0.6 is 0 Å². The van der Waals surface area contributed by atoms with Crippen LogP contribution in [-0.4, -0.2) is 9.91 Å². The van der Waals surface area contributed by atoms with Gasteiger partial charge in [0, 0.05) is 18.5 Å². The lowest BCUT2D eigenvalue weighted by Crippen LogP contribution is -2.04. The summed E-state index contributed by atoms with van der Waals surface area (Å²) in [5.41, 5.74) is 6.87. The van der Waals surface area contributed by atoms with Crippen molar-refractivity contribution < 1.29 is 4.92 Å². The van der Waals surface area contributed by atoms with Crippen LogP contribution in [0.4, 0.5) is 5.69 Å². The molecule has 0 saturated heterocycles. The number of rotatable bonds is 3. The van der Waals surface area contributed by atoms with Gasteiger partial charge in [0.1, 0.15) is 6.07 Å². The molecule has 0 fully saturated rings. The maximum absolute atomic E-state index is 11.0. The third-order valence-electron chi connectivity index (χ3n) is 2.74. The maximum atomic E-state index is 11.0. The van der Waals surface area contributed by atoms with Crippen LogP contribution in [0.5, 0.6) is 0 Å². The highest BCUT2D eigenvalue weighted by atomic mass is 16.6. The van der Waals surface area contributed by atoms with Gasteiger partial charge in [-0.1, -0.05) is 12.1 Å². The second-order valence-electron chi connectivity index (χ2n) is 3.91. The first kappa shape index (κ1) is 13.2. The second-order valence-corrected chi connectivity index (χ2v) is 3.91. The van der Waals surface area contributed by atoms with E-state index in [1.807, 2.05) is 6.07 Å². The van der Waals surface area contributed by atoms with Crippen molar-refractivity contribution >= 4 is 17.0 Å². The number of allylic oxidation sites excluding steroid dienone is 1. The molecule has 0 unspecified atom stereocenters. The summed E-state index contributed by atoms with van der Waals surface area (Å²) in [6, 6.07) is 11.3. The molecular formula is C14H10N4O2. The number of nitrogens with two attached hydrogens (primary N) is 1. The molecule has 0 aliphatic heterocycles. The molecular weight excluding hydrogens is 256 g/mol. The monoisotopic (exact) mass is 266 g/mol. The molecule has 0 spiro atoms. The third-order valence-corrected chi connectivity index (χ3v) is 2.74. The van der Waals surface area contributed by atoms with Gasteiger partial charge >= 0.3 is 0 Å². The van der Waals surface area contributed by atoms with Crippen LogP contribution in [-0.2, 0) is 0 Å². The lowest BCUT2D eigenvalue weighted by atomic mass is 10.0. The first-order chi connectivity index (χ1) is 9.65. The van der Waals surface area contributed by atoms with Crippen molar-refractivity contribution in [2.45, 2.75) is 0 Å². The number of nitriles is 1. The number of nitro benzene ring substituents is 1. The Bertz CT molecular complexity index is 717. The Morgan fingerprint density at radius 2 is 1.90 bits per heavy atom. The summed E-state index contributed by atoms with van der Waals surface area (Å²) < 4.78 is 0. The molecule has 0 amide bonds. The standard InChI is InChI=1S/C14H10N4O2/c15-9-12(10-5-7-17-8-6-10)14(16)11-3-1-2-4-13(11)18(19)20/h1-8H,16H2/b14-12-. The van der Waals surface area contributed by atoms with Gasteiger partial charge in [0.2, 0.25) is 0 Å². The molecule has 2 N–H and O–H groups in total. The van der Waals surface area contributed by atoms with Crippen LogP contribution in [0.1, 0.15) is 11.1 Å². The molecule has 0 aliphatic rings. The molecule has 0 atom stereocenters. The van der Waals surface area contributed by atoms with Crippen LogP contribution in [0.3, 0.4) is 0 Å². The van der Waals surface area contributed by atoms with Gasteiger partial charge in [0.05, 0.1) is 21.8 Å². The fraction of sp³-hybridized carbons (Fsp3) is 0. The minimum atomic E-state index is -0.524. The molecule has 6 heteroatoms. The van der Waals surface area contributed by atoms with Crippen LogP contribution in [0.25, 0.3) is 11.3 Å². The van der Waals surface area contributed by atoms with E-state index in [2.05, 4.69) is 4.98 Å². The van der Waals surface area contributed by atoms with Gasteiger partial charge in [-0.3, -0.25) is 15.1 Å². The number of aromatic nitrogens is 1. The average Bonchev–Trinajstić information content (AvgIpc) is 2.49. The lowest BCUT2D eigenvalue weighted by Gasteiger charge is -2.06. The van der Waals surface area contributed by atoms with Crippen LogP contribution in [0.2, 0.25) is 0 Å². The minimum absolute atomic E-state index is 0.0750. The van der Waals surface area contributed by atoms with Gasteiger partial charge in [-0.25, -0.2) is 0 Å². The van der Waals surface area contributed by atoms with Gasteiger partial charge in [0.25, 0.3) is 5.69 Å². The van der Waals surface area contributed by atoms with Gasteiger partial charge in [-0.15, -0.1) is 0 Å². The number of benzene rings is 1. The van der Waals surface area contributed by atoms with Gasteiger partial charge < -0.3 is 5.73 Å². The fourth-order valence-electron chi connectivity index (χ4n) is 1.79. The molecule has 20 heavy (non-hydrogen) atoms. The van der Waals surface area contributed by atoms with Crippen LogP contribution in [0, 0.1) is 21.4 Å². The van der Waals surface area contributed by atoms with E-state index in [0.717, 1.165) is 0 Å². The predicted octanol–water partition coefficient (Wildman–Crippen LogP) is 2.34. The molecule has 0 bridgehead atoms. The third kappa shape index (κ3) is 2.47. The topological polar surface area (TPSA) is 106 Å².